The molecule has 1 heterocycles. The van der Waals surface area contributed by atoms with Gasteiger partial charge in [-0.05, 0) is 34.5 Å². The van der Waals surface area contributed by atoms with Crippen LogP contribution in [0.5, 0.6) is 0 Å². The molecule has 17 heavy (non-hydrogen) atoms. The van der Waals surface area contributed by atoms with Crippen molar-refractivity contribution in [2.24, 2.45) is 0 Å². The SMILES string of the molecule is Cc1cccc(C(=O)NCC2(O)CNC2)c1Br. The Balaban J connectivity index is 2.02. The molecule has 0 aromatic heterocycles. The van der Waals surface area contributed by atoms with Gasteiger partial charge in [0.2, 0.25) is 0 Å². The third kappa shape index (κ3) is 2.68. The molecule has 0 aliphatic carbocycles. The third-order valence-corrected chi connectivity index (χ3v) is 3.98. The molecule has 1 fully saturated rings. The van der Waals surface area contributed by atoms with E-state index < -0.39 is 5.60 Å². The van der Waals surface area contributed by atoms with Crippen LogP contribution in [0.1, 0.15) is 15.9 Å². The molecule has 2 rings (SSSR count). The van der Waals surface area contributed by atoms with Crippen molar-refractivity contribution in [3.05, 3.63) is 33.8 Å². The molecular weight excluding hydrogens is 284 g/mol. The molecule has 0 spiro atoms. The van der Waals surface area contributed by atoms with E-state index in [1.807, 2.05) is 19.1 Å². The predicted molar refractivity (Wildman–Crippen MR) is 69.0 cm³/mol. The summed E-state index contributed by atoms with van der Waals surface area (Å²) in [5, 5.41) is 15.6. The lowest BCUT2D eigenvalue weighted by Crippen LogP contribution is -2.64. The monoisotopic (exact) mass is 298 g/mol. The van der Waals surface area contributed by atoms with Crippen LogP contribution in [0.25, 0.3) is 0 Å². The van der Waals surface area contributed by atoms with Crippen LogP contribution in [0.3, 0.4) is 0 Å². The molecule has 1 aromatic rings. The molecule has 3 N–H and O–H groups in total. The first-order valence-electron chi connectivity index (χ1n) is 5.48. The zero-order chi connectivity index (χ0) is 12.5. The number of halogens is 1. The second-order valence-electron chi connectivity index (χ2n) is 4.45. The minimum Gasteiger partial charge on any atom is -0.385 e. The average molecular weight is 299 g/mol. The molecular formula is C12H15BrN2O2. The normalized spacial score (nSPS) is 17.4. The lowest BCUT2D eigenvalue weighted by atomic mass is 9.97. The summed E-state index contributed by atoms with van der Waals surface area (Å²) >= 11 is 3.40. The number of β-amino-alcohol motifs (C(OH)–C–C–N with tert-alkyl or cyclic N) is 1. The van der Waals surface area contributed by atoms with Crippen LogP contribution in [-0.2, 0) is 0 Å². The van der Waals surface area contributed by atoms with Crippen LogP contribution in [0.2, 0.25) is 0 Å². The molecule has 1 saturated heterocycles. The van der Waals surface area contributed by atoms with Crippen molar-refractivity contribution in [3.8, 4) is 0 Å². The summed E-state index contributed by atoms with van der Waals surface area (Å²) in [5.74, 6) is -0.166. The van der Waals surface area contributed by atoms with Gasteiger partial charge in [-0.3, -0.25) is 4.79 Å². The lowest BCUT2D eigenvalue weighted by Gasteiger charge is -2.37. The van der Waals surface area contributed by atoms with Gasteiger partial charge in [0.05, 0.1) is 5.56 Å². The number of rotatable bonds is 3. The van der Waals surface area contributed by atoms with E-state index in [1.165, 1.54) is 0 Å². The fraction of sp³-hybridized carbons (Fsp3) is 0.417. The number of carbonyl (C=O) groups is 1. The standard InChI is InChI=1S/C12H15BrN2O2/c1-8-3-2-4-9(10(8)13)11(16)15-7-12(17)5-14-6-12/h2-4,14,17H,5-7H2,1H3,(H,15,16). The largest absolute Gasteiger partial charge is 0.385 e. The predicted octanol–water partition coefficient (Wildman–Crippen LogP) is 0.822. The summed E-state index contributed by atoms with van der Waals surface area (Å²) in [5.41, 5.74) is 0.828. The van der Waals surface area contributed by atoms with E-state index in [1.54, 1.807) is 6.07 Å². The van der Waals surface area contributed by atoms with Crippen LogP contribution >= 0.6 is 15.9 Å². The Hall–Kier alpha value is -0.910. The van der Waals surface area contributed by atoms with E-state index in [9.17, 15) is 9.90 Å². The van der Waals surface area contributed by atoms with Gasteiger partial charge < -0.3 is 15.7 Å². The van der Waals surface area contributed by atoms with Crippen molar-refractivity contribution in [2.45, 2.75) is 12.5 Å². The Morgan fingerprint density at radius 1 is 1.59 bits per heavy atom. The first-order chi connectivity index (χ1) is 8.02. The second kappa shape index (κ2) is 4.76. The van der Waals surface area contributed by atoms with Crippen molar-refractivity contribution < 1.29 is 9.90 Å². The first kappa shape index (κ1) is 12.5. The number of amides is 1. The Kier molecular flexibility index (Phi) is 3.51. The van der Waals surface area contributed by atoms with Crippen LogP contribution in [-0.4, -0.2) is 36.2 Å². The molecule has 0 bridgehead atoms. The average Bonchev–Trinajstić information content (AvgIpc) is 2.27. The van der Waals surface area contributed by atoms with Gasteiger partial charge in [-0.25, -0.2) is 0 Å². The molecule has 0 atom stereocenters. The maximum atomic E-state index is 11.9. The summed E-state index contributed by atoms with van der Waals surface area (Å²) in [7, 11) is 0. The van der Waals surface area contributed by atoms with Crippen molar-refractivity contribution in [1.29, 1.82) is 0 Å². The van der Waals surface area contributed by atoms with Crippen LogP contribution < -0.4 is 10.6 Å². The zero-order valence-corrected chi connectivity index (χ0v) is 11.2. The fourth-order valence-corrected chi connectivity index (χ4v) is 2.15. The Bertz CT molecular complexity index is 444. The number of hydrogen-bond acceptors (Lipinski definition) is 3. The van der Waals surface area contributed by atoms with Gasteiger partial charge in [0.15, 0.2) is 0 Å². The van der Waals surface area contributed by atoms with Crippen molar-refractivity contribution >= 4 is 21.8 Å². The van der Waals surface area contributed by atoms with Gasteiger partial charge in [0, 0.05) is 24.1 Å². The highest BCUT2D eigenvalue weighted by Crippen LogP contribution is 2.21. The molecule has 1 aromatic carbocycles. The Morgan fingerprint density at radius 3 is 2.88 bits per heavy atom. The quantitative estimate of drug-likeness (QED) is 0.774. The number of carbonyl (C=O) groups excluding carboxylic acids is 1. The summed E-state index contributed by atoms with van der Waals surface area (Å²) in [6.45, 7) is 3.27. The minimum absolute atomic E-state index is 0.166. The maximum Gasteiger partial charge on any atom is 0.252 e. The Morgan fingerprint density at radius 2 is 2.29 bits per heavy atom. The Labute approximate surface area is 109 Å². The van der Waals surface area contributed by atoms with Gasteiger partial charge in [-0.15, -0.1) is 0 Å². The molecule has 0 saturated carbocycles. The topological polar surface area (TPSA) is 61.4 Å². The smallest absolute Gasteiger partial charge is 0.252 e. The summed E-state index contributed by atoms with van der Waals surface area (Å²) < 4.78 is 0.802. The number of benzene rings is 1. The van der Waals surface area contributed by atoms with E-state index in [0.29, 0.717) is 18.7 Å². The number of hydrogen-bond donors (Lipinski definition) is 3. The van der Waals surface area contributed by atoms with E-state index in [2.05, 4.69) is 26.6 Å². The van der Waals surface area contributed by atoms with Gasteiger partial charge in [0.25, 0.3) is 5.91 Å². The van der Waals surface area contributed by atoms with Crippen molar-refractivity contribution in [1.82, 2.24) is 10.6 Å². The van der Waals surface area contributed by atoms with E-state index >= 15 is 0 Å². The van der Waals surface area contributed by atoms with Crippen LogP contribution in [0.4, 0.5) is 0 Å². The van der Waals surface area contributed by atoms with Gasteiger partial charge in [-0.2, -0.15) is 0 Å². The van der Waals surface area contributed by atoms with Crippen molar-refractivity contribution in [2.75, 3.05) is 19.6 Å². The number of nitrogens with one attached hydrogen (secondary N) is 2. The second-order valence-corrected chi connectivity index (χ2v) is 5.24. The maximum absolute atomic E-state index is 11.9. The molecule has 5 heteroatoms. The first-order valence-corrected chi connectivity index (χ1v) is 6.28. The summed E-state index contributed by atoms with van der Waals surface area (Å²) in [6, 6.07) is 5.54. The van der Waals surface area contributed by atoms with E-state index in [4.69, 9.17) is 0 Å². The molecule has 4 nitrogen and oxygen atoms in total. The molecule has 1 aliphatic heterocycles. The van der Waals surface area contributed by atoms with Crippen LogP contribution in [0, 0.1) is 6.92 Å². The molecule has 92 valence electrons. The van der Waals surface area contributed by atoms with Gasteiger partial charge in [-0.1, -0.05) is 12.1 Å². The van der Waals surface area contributed by atoms with Crippen molar-refractivity contribution in [3.63, 3.8) is 0 Å². The highest BCUT2D eigenvalue weighted by Gasteiger charge is 2.34. The molecule has 1 amide bonds. The summed E-state index contributed by atoms with van der Waals surface area (Å²) in [6.07, 6.45) is 0. The fourth-order valence-electron chi connectivity index (χ4n) is 1.70. The molecule has 0 unspecified atom stereocenters. The molecule has 0 radical (unpaired) electrons. The molecule has 1 aliphatic rings. The van der Waals surface area contributed by atoms with Gasteiger partial charge >= 0.3 is 0 Å². The zero-order valence-electron chi connectivity index (χ0n) is 9.59. The number of aryl methyl sites for hydroxylation is 1. The third-order valence-electron chi connectivity index (χ3n) is 2.92. The highest BCUT2D eigenvalue weighted by atomic mass is 79.9. The minimum atomic E-state index is -0.786. The van der Waals surface area contributed by atoms with Crippen LogP contribution in [0.15, 0.2) is 22.7 Å². The highest BCUT2D eigenvalue weighted by molar-refractivity contribution is 9.10. The number of aliphatic hydroxyl groups is 1. The summed E-state index contributed by atoms with van der Waals surface area (Å²) in [4.78, 5) is 11.9. The lowest BCUT2D eigenvalue weighted by molar-refractivity contribution is -0.00760. The van der Waals surface area contributed by atoms with E-state index in [0.717, 1.165) is 10.0 Å². The van der Waals surface area contributed by atoms with E-state index in [-0.39, 0.29) is 12.5 Å². The van der Waals surface area contributed by atoms with Gasteiger partial charge in [0.1, 0.15) is 5.60 Å².